The number of benzene rings is 1. The van der Waals surface area contributed by atoms with Crippen LogP contribution >= 0.6 is 0 Å². The fraction of sp³-hybridized carbons (Fsp3) is 0.333. The average molecular weight is 214 g/mol. The molecule has 0 N–H and O–H groups in total. The van der Waals surface area contributed by atoms with Gasteiger partial charge in [0.1, 0.15) is 5.75 Å². The second-order valence-corrected chi connectivity index (χ2v) is 4.75. The van der Waals surface area contributed by atoms with Crippen LogP contribution in [-0.2, 0) is 28.1 Å². The summed E-state index contributed by atoms with van der Waals surface area (Å²) >= 11 is 0. The van der Waals surface area contributed by atoms with E-state index in [0.29, 0.717) is 19.0 Å². The SMILES string of the molecule is CS(=O)(=O)Oc1cccc2c1COC2. The van der Waals surface area contributed by atoms with Crippen LogP contribution < -0.4 is 4.18 Å². The van der Waals surface area contributed by atoms with Crippen molar-refractivity contribution in [1.29, 1.82) is 0 Å². The Morgan fingerprint density at radius 1 is 1.36 bits per heavy atom. The first-order valence-electron chi connectivity index (χ1n) is 4.14. The highest BCUT2D eigenvalue weighted by Gasteiger charge is 2.18. The molecule has 2 rings (SSSR count). The number of ether oxygens (including phenoxy) is 1. The van der Waals surface area contributed by atoms with Gasteiger partial charge < -0.3 is 8.92 Å². The van der Waals surface area contributed by atoms with E-state index >= 15 is 0 Å². The maximum atomic E-state index is 10.9. The fourth-order valence-corrected chi connectivity index (χ4v) is 1.90. The first-order chi connectivity index (χ1) is 6.56. The van der Waals surface area contributed by atoms with Crippen molar-refractivity contribution in [2.75, 3.05) is 6.26 Å². The summed E-state index contributed by atoms with van der Waals surface area (Å²) in [4.78, 5) is 0. The lowest BCUT2D eigenvalue weighted by molar-refractivity contribution is 0.134. The second kappa shape index (κ2) is 3.25. The molecule has 76 valence electrons. The van der Waals surface area contributed by atoms with E-state index < -0.39 is 10.1 Å². The van der Waals surface area contributed by atoms with Crippen LogP contribution in [0.2, 0.25) is 0 Å². The second-order valence-electron chi connectivity index (χ2n) is 3.17. The zero-order valence-electron chi connectivity index (χ0n) is 7.69. The molecule has 0 bridgehead atoms. The van der Waals surface area contributed by atoms with Crippen molar-refractivity contribution in [3.63, 3.8) is 0 Å². The monoisotopic (exact) mass is 214 g/mol. The van der Waals surface area contributed by atoms with E-state index in [9.17, 15) is 8.42 Å². The Hall–Kier alpha value is -1.07. The smallest absolute Gasteiger partial charge is 0.306 e. The van der Waals surface area contributed by atoms with Gasteiger partial charge in [-0.15, -0.1) is 0 Å². The molecule has 14 heavy (non-hydrogen) atoms. The average Bonchev–Trinajstić information content (AvgIpc) is 2.49. The molecule has 0 unspecified atom stereocenters. The highest BCUT2D eigenvalue weighted by atomic mass is 32.2. The Balaban J connectivity index is 2.40. The summed E-state index contributed by atoms with van der Waals surface area (Å²) < 4.78 is 31.9. The molecule has 0 amide bonds. The lowest BCUT2D eigenvalue weighted by atomic mass is 10.1. The highest BCUT2D eigenvalue weighted by molar-refractivity contribution is 7.86. The Kier molecular flexibility index (Phi) is 2.20. The van der Waals surface area contributed by atoms with E-state index in [1.165, 1.54) is 0 Å². The van der Waals surface area contributed by atoms with E-state index in [1.54, 1.807) is 12.1 Å². The summed E-state index contributed by atoms with van der Waals surface area (Å²) in [5, 5.41) is 0. The van der Waals surface area contributed by atoms with Gasteiger partial charge in [0.05, 0.1) is 19.5 Å². The number of fused-ring (bicyclic) bond motifs is 1. The van der Waals surface area contributed by atoms with Gasteiger partial charge in [-0.25, -0.2) is 0 Å². The Bertz CT molecular complexity index is 450. The van der Waals surface area contributed by atoms with Crippen molar-refractivity contribution in [2.45, 2.75) is 13.2 Å². The summed E-state index contributed by atoms with van der Waals surface area (Å²) in [5.74, 6) is 0.377. The van der Waals surface area contributed by atoms with E-state index in [4.69, 9.17) is 8.92 Å². The third-order valence-electron chi connectivity index (χ3n) is 1.98. The standard InChI is InChI=1S/C9H10O4S/c1-14(10,11)13-9-4-2-3-7-5-12-6-8(7)9/h2-4H,5-6H2,1H3. The third kappa shape index (κ3) is 1.88. The molecule has 0 saturated carbocycles. The molecule has 1 aromatic rings. The van der Waals surface area contributed by atoms with Crippen molar-refractivity contribution in [1.82, 2.24) is 0 Å². The van der Waals surface area contributed by atoms with E-state index in [2.05, 4.69) is 0 Å². The summed E-state index contributed by atoms with van der Waals surface area (Å²) in [6.07, 6.45) is 1.03. The minimum absolute atomic E-state index is 0.377. The molecule has 0 atom stereocenters. The molecular weight excluding hydrogens is 204 g/mol. The first-order valence-corrected chi connectivity index (χ1v) is 5.96. The van der Waals surface area contributed by atoms with Crippen LogP contribution in [0.4, 0.5) is 0 Å². The molecule has 5 heteroatoms. The number of hydrogen-bond donors (Lipinski definition) is 0. The van der Waals surface area contributed by atoms with Crippen LogP contribution in [0.15, 0.2) is 18.2 Å². The molecule has 0 saturated heterocycles. The molecule has 1 aliphatic rings. The van der Waals surface area contributed by atoms with E-state index in [0.717, 1.165) is 17.4 Å². The van der Waals surface area contributed by atoms with Crippen molar-refractivity contribution in [3.8, 4) is 5.75 Å². The quantitative estimate of drug-likeness (QED) is 0.691. The maximum Gasteiger partial charge on any atom is 0.306 e. The zero-order valence-corrected chi connectivity index (χ0v) is 8.50. The molecule has 0 fully saturated rings. The van der Waals surface area contributed by atoms with Crippen LogP contribution in [0.25, 0.3) is 0 Å². The van der Waals surface area contributed by atoms with E-state index in [1.807, 2.05) is 6.07 Å². The molecule has 0 spiro atoms. The normalized spacial score (nSPS) is 15.2. The van der Waals surface area contributed by atoms with Gasteiger partial charge in [0.25, 0.3) is 0 Å². The summed E-state index contributed by atoms with van der Waals surface area (Å²) in [5.41, 5.74) is 1.82. The molecule has 0 aromatic heterocycles. The molecule has 1 heterocycles. The van der Waals surface area contributed by atoms with Crippen LogP contribution in [-0.4, -0.2) is 14.7 Å². The fourth-order valence-electron chi connectivity index (χ4n) is 1.41. The summed E-state index contributed by atoms with van der Waals surface area (Å²) in [6, 6.07) is 5.29. The van der Waals surface area contributed by atoms with Crippen molar-refractivity contribution >= 4 is 10.1 Å². The zero-order chi connectivity index (χ0) is 10.2. The third-order valence-corrected chi connectivity index (χ3v) is 2.46. The topological polar surface area (TPSA) is 52.6 Å². The van der Waals surface area contributed by atoms with Crippen LogP contribution in [0.5, 0.6) is 5.75 Å². The summed E-state index contributed by atoms with van der Waals surface area (Å²) in [6.45, 7) is 0.942. The molecule has 4 nitrogen and oxygen atoms in total. The predicted molar refractivity (Wildman–Crippen MR) is 50.4 cm³/mol. The largest absolute Gasteiger partial charge is 0.382 e. The lowest BCUT2D eigenvalue weighted by Crippen LogP contribution is -2.07. The Labute approximate surface area is 82.6 Å². The molecule has 0 aliphatic carbocycles. The van der Waals surface area contributed by atoms with Gasteiger partial charge in [0, 0.05) is 5.56 Å². The van der Waals surface area contributed by atoms with Gasteiger partial charge in [0.15, 0.2) is 0 Å². The summed E-state index contributed by atoms with van der Waals surface area (Å²) in [7, 11) is -3.45. The number of rotatable bonds is 2. The molecule has 0 radical (unpaired) electrons. The van der Waals surface area contributed by atoms with Crippen molar-refractivity contribution in [3.05, 3.63) is 29.3 Å². The minimum atomic E-state index is -3.45. The number of hydrogen-bond acceptors (Lipinski definition) is 4. The van der Waals surface area contributed by atoms with Gasteiger partial charge in [-0.05, 0) is 11.6 Å². The molecule has 1 aliphatic heterocycles. The van der Waals surface area contributed by atoms with Crippen LogP contribution in [0.1, 0.15) is 11.1 Å². The van der Waals surface area contributed by atoms with Gasteiger partial charge in [-0.1, -0.05) is 12.1 Å². The van der Waals surface area contributed by atoms with Gasteiger partial charge in [-0.3, -0.25) is 0 Å². The Morgan fingerprint density at radius 2 is 2.14 bits per heavy atom. The Morgan fingerprint density at radius 3 is 2.86 bits per heavy atom. The van der Waals surface area contributed by atoms with Crippen LogP contribution in [0.3, 0.4) is 0 Å². The van der Waals surface area contributed by atoms with Crippen molar-refractivity contribution < 1.29 is 17.3 Å². The van der Waals surface area contributed by atoms with Crippen LogP contribution in [0, 0.1) is 0 Å². The van der Waals surface area contributed by atoms with Gasteiger partial charge in [0.2, 0.25) is 0 Å². The maximum absolute atomic E-state index is 10.9. The molecule has 1 aromatic carbocycles. The lowest BCUT2D eigenvalue weighted by Gasteiger charge is -2.06. The van der Waals surface area contributed by atoms with Crippen molar-refractivity contribution in [2.24, 2.45) is 0 Å². The first kappa shape index (κ1) is 9.48. The predicted octanol–water partition coefficient (Wildman–Crippen LogP) is 1.06. The van der Waals surface area contributed by atoms with Gasteiger partial charge >= 0.3 is 10.1 Å². The highest BCUT2D eigenvalue weighted by Crippen LogP contribution is 2.29. The van der Waals surface area contributed by atoms with Gasteiger partial charge in [-0.2, -0.15) is 8.42 Å². The van der Waals surface area contributed by atoms with E-state index in [-0.39, 0.29) is 0 Å². The molecular formula is C9H10O4S. The minimum Gasteiger partial charge on any atom is -0.382 e.